The van der Waals surface area contributed by atoms with Crippen LogP contribution in [0.3, 0.4) is 0 Å². The molecule has 0 aliphatic carbocycles. The molecular formula is C39H42O18. The average Bonchev–Trinajstić information content (AvgIpc) is 3.19. The van der Waals surface area contributed by atoms with Crippen molar-refractivity contribution >= 4 is 23.0 Å². The van der Waals surface area contributed by atoms with Gasteiger partial charge in [0.2, 0.25) is 23.8 Å². The van der Waals surface area contributed by atoms with Crippen molar-refractivity contribution in [1.29, 1.82) is 0 Å². The van der Waals surface area contributed by atoms with Gasteiger partial charge in [-0.2, -0.15) is 0 Å². The maximum absolute atomic E-state index is 14.1. The van der Waals surface area contributed by atoms with E-state index in [1.54, 1.807) is 19.1 Å². The number of aliphatic hydroxyl groups is 6. The molecule has 6 rings (SSSR count). The van der Waals surface area contributed by atoms with E-state index in [9.17, 15) is 50.4 Å². The van der Waals surface area contributed by atoms with E-state index in [0.29, 0.717) is 17.1 Å². The summed E-state index contributed by atoms with van der Waals surface area (Å²) >= 11 is 0. The third-order valence-corrected chi connectivity index (χ3v) is 9.58. The largest absolute Gasteiger partial charge is 0.508 e. The van der Waals surface area contributed by atoms with Gasteiger partial charge in [0.1, 0.15) is 89.1 Å². The van der Waals surface area contributed by atoms with Crippen molar-refractivity contribution in [2.75, 3.05) is 20.8 Å². The molecule has 0 saturated carbocycles. The molecule has 0 amide bonds. The lowest BCUT2D eigenvalue weighted by molar-refractivity contribution is -0.278. The van der Waals surface area contributed by atoms with E-state index in [1.807, 2.05) is 0 Å². The number of ether oxygens (including phenoxy) is 7. The number of phenols is 2. The Kier molecular flexibility index (Phi) is 12.3. The monoisotopic (exact) mass is 798 g/mol. The SMILES string of the molecule is COc1cc(/C=C/C(=O)OCC2O[C@@H](Oc3c(-c4ccc(O)cc4)oc4cc(O[C@@H]5OC(C)[C@H](O)[C@H](O)C5O)cc(O)c4c3=O)C(O)[C@@H](O)[C@@H]2O)cc(OC)c1C. The highest BCUT2D eigenvalue weighted by molar-refractivity contribution is 5.88. The standard InChI is InChI=1S/C39H42O18/c1-16-23(50-3)11-18(12-24(16)51-4)5-10-27(42)52-15-26-30(44)33(47)35(49)39(56-26)57-37-31(45)28-22(41)13-21(54-38-34(48)32(46)29(43)17(2)53-38)14-25(28)55-36(37)19-6-8-20(40)9-7-19/h5-14,17,26,29-30,32-35,38-41,43-44,46-49H,15H2,1-4H3/b10-5+/t17?,26?,29-,30+,32-,33-,34?,35?,38-,39-/m0/s1. The van der Waals surface area contributed by atoms with Crippen LogP contribution in [0.2, 0.25) is 0 Å². The van der Waals surface area contributed by atoms with Crippen LogP contribution < -0.4 is 24.4 Å². The first-order valence-corrected chi connectivity index (χ1v) is 17.5. The van der Waals surface area contributed by atoms with Gasteiger partial charge < -0.3 is 78.4 Å². The fraction of sp³-hybridized carbons (Fsp3) is 0.385. The van der Waals surface area contributed by atoms with Crippen LogP contribution in [0.15, 0.2) is 63.8 Å². The van der Waals surface area contributed by atoms with Gasteiger partial charge in [-0.1, -0.05) is 0 Å². The van der Waals surface area contributed by atoms with E-state index in [0.717, 1.165) is 17.7 Å². The number of hydrogen-bond donors (Lipinski definition) is 8. The van der Waals surface area contributed by atoms with Crippen molar-refractivity contribution in [3.63, 3.8) is 0 Å². The molecule has 4 aromatic rings. The van der Waals surface area contributed by atoms with Gasteiger partial charge in [-0.3, -0.25) is 4.79 Å². The van der Waals surface area contributed by atoms with Crippen molar-refractivity contribution in [2.24, 2.45) is 0 Å². The number of esters is 1. The number of rotatable bonds is 11. The summed E-state index contributed by atoms with van der Waals surface area (Å²) in [6.45, 7) is 2.61. The molecule has 8 N–H and O–H groups in total. The van der Waals surface area contributed by atoms with Crippen molar-refractivity contribution in [3.8, 4) is 45.8 Å². The second kappa shape index (κ2) is 17.0. The fourth-order valence-electron chi connectivity index (χ4n) is 6.33. The molecule has 2 aliphatic rings. The third kappa shape index (κ3) is 8.48. The Morgan fingerprint density at radius 2 is 1.40 bits per heavy atom. The van der Waals surface area contributed by atoms with Crippen LogP contribution in [0.5, 0.6) is 34.5 Å². The highest BCUT2D eigenvalue weighted by atomic mass is 16.7. The number of hydrogen-bond acceptors (Lipinski definition) is 18. The molecule has 0 bridgehead atoms. The summed E-state index contributed by atoms with van der Waals surface area (Å²) in [6.07, 6.45) is -13.7. The van der Waals surface area contributed by atoms with E-state index in [-0.39, 0.29) is 28.4 Å². The molecule has 0 spiro atoms. The molecule has 306 valence electrons. The van der Waals surface area contributed by atoms with Crippen LogP contribution >= 0.6 is 0 Å². The molecule has 2 aliphatic heterocycles. The molecule has 2 saturated heterocycles. The van der Waals surface area contributed by atoms with Gasteiger partial charge in [0, 0.05) is 29.3 Å². The van der Waals surface area contributed by atoms with Gasteiger partial charge in [0.05, 0.1) is 20.3 Å². The molecule has 18 heteroatoms. The minimum atomic E-state index is -1.97. The van der Waals surface area contributed by atoms with Crippen molar-refractivity contribution in [2.45, 2.75) is 75.3 Å². The van der Waals surface area contributed by atoms with E-state index in [2.05, 4.69) is 0 Å². The molecule has 3 aromatic carbocycles. The number of phenolic OH excluding ortho intramolecular Hbond substituents is 2. The first kappa shape index (κ1) is 41.2. The molecule has 57 heavy (non-hydrogen) atoms. The summed E-state index contributed by atoms with van der Waals surface area (Å²) in [6, 6.07) is 10.8. The summed E-state index contributed by atoms with van der Waals surface area (Å²) in [5.41, 5.74) is 0.174. The number of aliphatic hydroxyl groups excluding tert-OH is 6. The summed E-state index contributed by atoms with van der Waals surface area (Å²) in [7, 11) is 2.97. The number of carbonyl (C=O) groups excluding carboxylic acids is 1. The van der Waals surface area contributed by atoms with Gasteiger partial charge in [-0.25, -0.2) is 4.79 Å². The first-order chi connectivity index (χ1) is 27.1. The Bertz CT molecular complexity index is 2140. The van der Waals surface area contributed by atoms with Gasteiger partial charge in [-0.15, -0.1) is 0 Å². The van der Waals surface area contributed by atoms with Crippen LogP contribution in [0.25, 0.3) is 28.4 Å². The minimum absolute atomic E-state index is 0.140. The molecule has 3 heterocycles. The minimum Gasteiger partial charge on any atom is -0.508 e. The van der Waals surface area contributed by atoms with Crippen LogP contribution in [0.1, 0.15) is 18.1 Å². The fourth-order valence-corrected chi connectivity index (χ4v) is 6.33. The van der Waals surface area contributed by atoms with Crippen LogP contribution in [0, 0.1) is 6.92 Å². The molecule has 2 fully saturated rings. The van der Waals surface area contributed by atoms with Crippen molar-refractivity contribution in [3.05, 3.63) is 76.0 Å². The lowest BCUT2D eigenvalue weighted by Crippen LogP contribution is -2.60. The Balaban J connectivity index is 1.27. The predicted octanol–water partition coefficient (Wildman–Crippen LogP) is 0.846. The highest BCUT2D eigenvalue weighted by Gasteiger charge is 2.46. The molecule has 18 nitrogen and oxygen atoms in total. The lowest BCUT2D eigenvalue weighted by Gasteiger charge is -2.39. The van der Waals surface area contributed by atoms with Gasteiger partial charge in [0.25, 0.3) is 0 Å². The zero-order valence-electron chi connectivity index (χ0n) is 30.9. The number of fused-ring (bicyclic) bond motifs is 1. The summed E-state index contributed by atoms with van der Waals surface area (Å²) in [5, 5.41) is 83.6. The van der Waals surface area contributed by atoms with Crippen molar-refractivity contribution in [1.82, 2.24) is 0 Å². The highest BCUT2D eigenvalue weighted by Crippen LogP contribution is 2.39. The zero-order chi connectivity index (χ0) is 41.3. The van der Waals surface area contributed by atoms with E-state index in [4.69, 9.17) is 37.6 Å². The van der Waals surface area contributed by atoms with E-state index in [1.165, 1.54) is 57.6 Å². The molecule has 10 atom stereocenters. The number of carbonyl (C=O) groups is 1. The van der Waals surface area contributed by atoms with E-state index >= 15 is 0 Å². The molecular weight excluding hydrogens is 756 g/mol. The predicted molar refractivity (Wildman–Crippen MR) is 196 cm³/mol. The maximum Gasteiger partial charge on any atom is 0.330 e. The maximum atomic E-state index is 14.1. The normalized spacial score (nSPS) is 27.6. The molecule has 0 radical (unpaired) electrons. The summed E-state index contributed by atoms with van der Waals surface area (Å²) in [5.74, 6) is -1.78. The van der Waals surface area contributed by atoms with Gasteiger partial charge in [-0.05, 0) is 61.9 Å². The number of benzene rings is 3. The van der Waals surface area contributed by atoms with Gasteiger partial charge in [0.15, 0.2) is 5.76 Å². The Labute approximate surface area is 323 Å². The molecule has 1 aromatic heterocycles. The summed E-state index contributed by atoms with van der Waals surface area (Å²) < 4.78 is 44.7. The average molecular weight is 799 g/mol. The zero-order valence-corrected chi connectivity index (χ0v) is 30.9. The molecule has 4 unspecified atom stereocenters. The second-order valence-electron chi connectivity index (χ2n) is 13.4. The van der Waals surface area contributed by atoms with Crippen molar-refractivity contribution < 1.29 is 83.2 Å². The Morgan fingerprint density at radius 1 is 0.789 bits per heavy atom. The number of methoxy groups -OCH3 is 2. The second-order valence-corrected chi connectivity index (χ2v) is 13.4. The van der Waals surface area contributed by atoms with Crippen LogP contribution in [0.4, 0.5) is 0 Å². The number of aromatic hydroxyl groups is 2. The Hall–Kier alpha value is -5.44. The summed E-state index contributed by atoms with van der Waals surface area (Å²) in [4.78, 5) is 26.8. The van der Waals surface area contributed by atoms with Crippen LogP contribution in [-0.4, -0.2) is 129 Å². The van der Waals surface area contributed by atoms with E-state index < -0.39 is 96.3 Å². The topological polar surface area (TPSA) is 274 Å². The Morgan fingerprint density at radius 3 is 2.04 bits per heavy atom. The smallest absolute Gasteiger partial charge is 0.330 e. The quantitative estimate of drug-likeness (QED) is 0.0771. The van der Waals surface area contributed by atoms with Crippen LogP contribution in [-0.2, 0) is 19.0 Å². The first-order valence-electron chi connectivity index (χ1n) is 17.5. The van der Waals surface area contributed by atoms with Gasteiger partial charge >= 0.3 is 5.97 Å². The third-order valence-electron chi connectivity index (χ3n) is 9.58. The lowest BCUT2D eigenvalue weighted by atomic mass is 9.99.